The maximum Gasteiger partial charge on any atom is 0.293 e. The molecule has 1 aromatic heterocycles. The molecule has 2 atom stereocenters. The van der Waals surface area contributed by atoms with Crippen LogP contribution in [0.1, 0.15) is 41.3 Å². The summed E-state index contributed by atoms with van der Waals surface area (Å²) in [4.78, 5) is 18.1. The van der Waals surface area contributed by atoms with Gasteiger partial charge in [-0.3, -0.25) is 4.79 Å². The van der Waals surface area contributed by atoms with Crippen LogP contribution in [0.2, 0.25) is 0 Å². The lowest BCUT2D eigenvalue weighted by molar-refractivity contribution is 0.190. The molecule has 0 bridgehead atoms. The van der Waals surface area contributed by atoms with E-state index in [-0.39, 0.29) is 18.7 Å². The Morgan fingerprint density at radius 3 is 2.44 bits per heavy atom. The number of aromatic hydroxyl groups is 1. The predicted molar refractivity (Wildman–Crippen MR) is 130 cm³/mol. The Bertz CT molecular complexity index is 1220. The zero-order chi connectivity index (χ0) is 24.0. The molecular weight excluding hydrogens is 430 g/mol. The second-order valence-corrected chi connectivity index (χ2v) is 8.89. The molecule has 2 heterocycles. The highest BCUT2D eigenvalue weighted by Crippen LogP contribution is 2.29. The molecule has 7 heteroatoms. The van der Waals surface area contributed by atoms with Crippen molar-refractivity contribution < 1.29 is 14.9 Å². The minimum atomic E-state index is -0.710. The van der Waals surface area contributed by atoms with Gasteiger partial charge in [0.1, 0.15) is 0 Å². The van der Waals surface area contributed by atoms with E-state index in [1.54, 1.807) is 0 Å². The number of aromatic amines is 1. The van der Waals surface area contributed by atoms with Crippen molar-refractivity contribution in [1.29, 1.82) is 0 Å². The van der Waals surface area contributed by atoms with E-state index in [1.807, 2.05) is 43.3 Å². The van der Waals surface area contributed by atoms with Gasteiger partial charge in [-0.15, -0.1) is 0 Å². The van der Waals surface area contributed by atoms with E-state index in [9.17, 15) is 15.0 Å². The van der Waals surface area contributed by atoms with Gasteiger partial charge in [0.05, 0.1) is 25.2 Å². The van der Waals surface area contributed by atoms with Crippen molar-refractivity contribution in [3.63, 3.8) is 0 Å². The highest BCUT2D eigenvalue weighted by molar-refractivity contribution is 5.45. The van der Waals surface area contributed by atoms with Crippen LogP contribution in [0.5, 0.6) is 5.75 Å². The Morgan fingerprint density at radius 2 is 1.82 bits per heavy atom. The lowest BCUT2D eigenvalue weighted by Crippen LogP contribution is -2.30. The van der Waals surface area contributed by atoms with Crippen molar-refractivity contribution >= 4 is 0 Å². The van der Waals surface area contributed by atoms with Gasteiger partial charge in [-0.1, -0.05) is 43.0 Å². The summed E-state index contributed by atoms with van der Waals surface area (Å²) in [6.07, 6.45) is 2.53. The van der Waals surface area contributed by atoms with Crippen LogP contribution < -0.4 is 10.9 Å². The quantitative estimate of drug-likeness (QED) is 0.404. The second-order valence-electron chi connectivity index (χ2n) is 8.89. The Hall–Kier alpha value is -3.44. The van der Waals surface area contributed by atoms with Crippen molar-refractivity contribution in [2.75, 3.05) is 19.8 Å². The van der Waals surface area contributed by atoms with E-state index in [1.165, 1.54) is 11.9 Å². The number of H-pyrrole nitrogens is 1. The first-order valence-corrected chi connectivity index (χ1v) is 11.4. The van der Waals surface area contributed by atoms with Gasteiger partial charge in [0.2, 0.25) is 5.75 Å². The van der Waals surface area contributed by atoms with Gasteiger partial charge in [-0.25, -0.2) is 4.98 Å². The number of aliphatic hydroxyl groups is 1. The molecule has 2 aromatic carbocycles. The van der Waals surface area contributed by atoms with Crippen LogP contribution in [0.15, 0.2) is 59.7 Å². The average molecular weight is 460 g/mol. The van der Waals surface area contributed by atoms with Gasteiger partial charge in [0.15, 0.2) is 0 Å². The molecule has 1 aliphatic heterocycles. The molecule has 7 nitrogen and oxygen atoms in total. The van der Waals surface area contributed by atoms with Crippen molar-refractivity contribution in [2.24, 2.45) is 0 Å². The summed E-state index contributed by atoms with van der Waals surface area (Å²) in [6.45, 7) is 4.14. The number of ether oxygens (including phenoxy) is 1. The minimum Gasteiger partial charge on any atom is -0.502 e. The first-order valence-electron chi connectivity index (χ1n) is 11.4. The average Bonchev–Trinajstić information content (AvgIpc) is 3.39. The number of nitrogens with one attached hydrogen (secondary N) is 2. The van der Waals surface area contributed by atoms with Crippen molar-refractivity contribution in [3.8, 4) is 17.6 Å². The second kappa shape index (κ2) is 10.7. The van der Waals surface area contributed by atoms with Gasteiger partial charge in [-0.05, 0) is 41.8 Å². The Labute approximate surface area is 198 Å². The number of aliphatic hydroxyl groups excluding tert-OH is 1. The van der Waals surface area contributed by atoms with Gasteiger partial charge in [-0.2, -0.15) is 0 Å². The first kappa shape index (κ1) is 23.7. The highest BCUT2D eigenvalue weighted by Gasteiger charge is 2.28. The molecule has 0 radical (unpaired) electrons. The summed E-state index contributed by atoms with van der Waals surface area (Å²) in [5, 5.41) is 23.6. The highest BCUT2D eigenvalue weighted by atomic mass is 16.5. The molecule has 0 aliphatic carbocycles. The molecule has 3 aromatic rings. The normalized spacial score (nSPS) is 17.1. The number of benzene rings is 2. The van der Waals surface area contributed by atoms with Crippen molar-refractivity contribution in [2.45, 2.75) is 37.8 Å². The molecule has 0 spiro atoms. The number of nitrogens with zero attached hydrogens (tertiary/aromatic N) is 1. The minimum absolute atomic E-state index is 0.166. The zero-order valence-corrected chi connectivity index (χ0v) is 19.2. The molecule has 1 aliphatic rings. The number of hydrogen-bond acceptors (Lipinski definition) is 6. The fourth-order valence-electron chi connectivity index (χ4n) is 3.94. The third-order valence-electron chi connectivity index (χ3n) is 6.22. The largest absolute Gasteiger partial charge is 0.502 e. The fourth-order valence-corrected chi connectivity index (χ4v) is 3.94. The molecule has 1 fully saturated rings. The molecule has 4 rings (SSSR count). The summed E-state index contributed by atoms with van der Waals surface area (Å²) in [6, 6.07) is 16.3. The fraction of sp³-hybridized carbons (Fsp3) is 0.333. The lowest BCUT2D eigenvalue weighted by atomic mass is 9.79. The van der Waals surface area contributed by atoms with Crippen LogP contribution in [-0.2, 0) is 23.1 Å². The first-order chi connectivity index (χ1) is 16.5. The maximum absolute atomic E-state index is 11.7. The third-order valence-corrected chi connectivity index (χ3v) is 6.22. The smallest absolute Gasteiger partial charge is 0.293 e. The molecule has 4 N–H and O–H groups in total. The van der Waals surface area contributed by atoms with Gasteiger partial charge >= 0.3 is 0 Å². The molecule has 1 unspecified atom stereocenters. The van der Waals surface area contributed by atoms with Crippen LogP contribution in [0, 0.1) is 11.8 Å². The SMILES string of the molecule is CC(CO)(Cc1nc[nH]c(=O)c1O)c1ccc(C#Cc2ccc(CN[C@H]3CCOC3)cc2)cc1. The Kier molecular flexibility index (Phi) is 7.43. The number of aromatic nitrogens is 2. The Balaban J connectivity index is 1.41. The van der Waals surface area contributed by atoms with E-state index in [2.05, 4.69) is 39.3 Å². The summed E-state index contributed by atoms with van der Waals surface area (Å²) in [5.74, 6) is 5.95. The zero-order valence-electron chi connectivity index (χ0n) is 19.2. The van der Waals surface area contributed by atoms with Gasteiger partial charge < -0.3 is 25.3 Å². The van der Waals surface area contributed by atoms with Crippen molar-refractivity contribution in [1.82, 2.24) is 15.3 Å². The summed E-state index contributed by atoms with van der Waals surface area (Å²) in [5.41, 5.74) is 2.82. The standard InChI is InChI=1S/C27H29N3O4/c1-27(17-31,14-24-25(32)26(33)30-18-29-24)22-10-8-20(9-11-22)3-2-19-4-6-21(7-5-19)15-28-23-12-13-34-16-23/h4-11,18,23,28,31-32H,12-17H2,1H3,(H,29,30,33)/t23-,27?/m0/s1. The Morgan fingerprint density at radius 1 is 1.15 bits per heavy atom. The van der Waals surface area contributed by atoms with Crippen LogP contribution in [0.25, 0.3) is 0 Å². The summed E-state index contributed by atoms with van der Waals surface area (Å²) < 4.78 is 5.39. The lowest BCUT2D eigenvalue weighted by Gasteiger charge is -2.27. The molecule has 0 saturated carbocycles. The maximum atomic E-state index is 11.7. The molecule has 0 amide bonds. The van der Waals surface area contributed by atoms with Gasteiger partial charge in [0, 0.05) is 42.2 Å². The van der Waals surface area contributed by atoms with Crippen LogP contribution >= 0.6 is 0 Å². The van der Waals surface area contributed by atoms with Crippen LogP contribution in [0.3, 0.4) is 0 Å². The summed E-state index contributed by atoms with van der Waals surface area (Å²) in [7, 11) is 0. The van der Waals surface area contributed by atoms with E-state index >= 15 is 0 Å². The van der Waals surface area contributed by atoms with E-state index in [4.69, 9.17) is 4.74 Å². The van der Waals surface area contributed by atoms with E-state index in [0.717, 1.165) is 42.9 Å². The van der Waals surface area contributed by atoms with E-state index in [0.29, 0.717) is 6.04 Å². The van der Waals surface area contributed by atoms with Gasteiger partial charge in [0.25, 0.3) is 5.56 Å². The van der Waals surface area contributed by atoms with Crippen LogP contribution in [-0.4, -0.2) is 46.0 Å². The monoisotopic (exact) mass is 459 g/mol. The topological polar surface area (TPSA) is 107 Å². The number of rotatable bonds is 7. The third kappa shape index (κ3) is 5.72. The van der Waals surface area contributed by atoms with Crippen molar-refractivity contribution in [3.05, 3.63) is 93.2 Å². The predicted octanol–water partition coefficient (Wildman–Crippen LogP) is 2.25. The molecule has 176 valence electrons. The molecule has 34 heavy (non-hydrogen) atoms. The number of hydrogen-bond donors (Lipinski definition) is 4. The molecular formula is C27H29N3O4. The summed E-state index contributed by atoms with van der Waals surface area (Å²) >= 11 is 0. The van der Waals surface area contributed by atoms with E-state index < -0.39 is 16.7 Å². The molecule has 1 saturated heterocycles. The van der Waals surface area contributed by atoms with Crippen LogP contribution in [0.4, 0.5) is 0 Å².